The second-order valence-corrected chi connectivity index (χ2v) is 3.30. The summed E-state index contributed by atoms with van der Waals surface area (Å²) in [6, 6.07) is 0. The van der Waals surface area contributed by atoms with Crippen LogP contribution in [-0.4, -0.2) is 30.2 Å². The Morgan fingerprint density at radius 3 is 2.91 bits per heavy atom. The molecule has 4 nitrogen and oxygen atoms in total. The highest BCUT2D eigenvalue weighted by atomic mass is 16.5. The largest absolute Gasteiger partial charge is 0.468 e. The zero-order valence-corrected chi connectivity index (χ0v) is 6.54. The molecular weight excluding hydrogens is 144 g/mol. The van der Waals surface area contributed by atoms with Crippen molar-refractivity contribution in [2.45, 2.75) is 18.4 Å². The van der Waals surface area contributed by atoms with E-state index in [1.54, 1.807) is 5.01 Å². The van der Waals surface area contributed by atoms with Crippen LogP contribution in [0.3, 0.4) is 0 Å². The Kier molecular flexibility index (Phi) is 1.25. The Hall–Kier alpha value is -0.610. The molecule has 0 spiro atoms. The summed E-state index contributed by atoms with van der Waals surface area (Å²) in [7, 11) is 1.42. The van der Waals surface area contributed by atoms with E-state index >= 15 is 0 Å². The van der Waals surface area contributed by atoms with Gasteiger partial charge in [-0.15, -0.1) is 0 Å². The molecule has 11 heavy (non-hydrogen) atoms. The van der Waals surface area contributed by atoms with Crippen LogP contribution >= 0.6 is 0 Å². The molecule has 0 amide bonds. The smallest absolute Gasteiger partial charge is 0.327 e. The first kappa shape index (κ1) is 7.06. The molecule has 0 aromatic carbocycles. The Morgan fingerprint density at radius 2 is 2.55 bits per heavy atom. The van der Waals surface area contributed by atoms with E-state index in [0.29, 0.717) is 5.92 Å². The summed E-state index contributed by atoms with van der Waals surface area (Å²) in [4.78, 5) is 11.2. The van der Waals surface area contributed by atoms with Gasteiger partial charge >= 0.3 is 5.97 Å². The molecule has 2 atom stereocenters. The second-order valence-electron chi connectivity index (χ2n) is 3.30. The average molecular weight is 156 g/mol. The van der Waals surface area contributed by atoms with E-state index in [1.807, 2.05) is 0 Å². The average Bonchev–Trinajstić information content (AvgIpc) is 2.68. The molecule has 2 N–H and O–H groups in total. The standard InChI is InChI=1S/C7H12N2O2/c1-11-6(10)7-4-5(7)2-3-9(7)8/h5H,2-4,8H2,1H3/t5-,7+/m1/s1. The van der Waals surface area contributed by atoms with Crippen molar-refractivity contribution in [2.75, 3.05) is 13.7 Å². The fraction of sp³-hybridized carbons (Fsp3) is 0.857. The van der Waals surface area contributed by atoms with Crippen LogP contribution in [0.4, 0.5) is 0 Å². The van der Waals surface area contributed by atoms with Crippen LogP contribution in [0.15, 0.2) is 0 Å². The Morgan fingerprint density at radius 1 is 1.82 bits per heavy atom. The molecule has 0 aromatic rings. The molecule has 1 saturated carbocycles. The molecule has 1 saturated heterocycles. The monoisotopic (exact) mass is 156 g/mol. The lowest BCUT2D eigenvalue weighted by atomic mass is 10.2. The minimum atomic E-state index is -0.422. The number of piperidine rings is 1. The summed E-state index contributed by atoms with van der Waals surface area (Å²) in [6.07, 6.45) is 1.92. The van der Waals surface area contributed by atoms with Gasteiger partial charge in [0, 0.05) is 6.54 Å². The fourth-order valence-electron chi connectivity index (χ4n) is 2.05. The van der Waals surface area contributed by atoms with Crippen LogP contribution in [0.5, 0.6) is 0 Å². The number of nitrogens with two attached hydrogens (primary N) is 1. The van der Waals surface area contributed by atoms with Crippen molar-refractivity contribution in [1.82, 2.24) is 5.01 Å². The maximum Gasteiger partial charge on any atom is 0.327 e. The molecule has 2 rings (SSSR count). The SMILES string of the molecule is COC(=O)[C@]12C[C@H]1CCN2N. The third-order valence-electron chi connectivity index (χ3n) is 2.84. The van der Waals surface area contributed by atoms with E-state index in [-0.39, 0.29) is 5.97 Å². The van der Waals surface area contributed by atoms with Crippen molar-refractivity contribution >= 4 is 5.97 Å². The lowest BCUT2D eigenvalue weighted by Gasteiger charge is -2.19. The summed E-state index contributed by atoms with van der Waals surface area (Å²) in [5.41, 5.74) is -0.422. The van der Waals surface area contributed by atoms with E-state index in [9.17, 15) is 4.79 Å². The van der Waals surface area contributed by atoms with E-state index in [0.717, 1.165) is 19.4 Å². The fourth-order valence-corrected chi connectivity index (χ4v) is 2.05. The van der Waals surface area contributed by atoms with Crippen LogP contribution in [0.1, 0.15) is 12.8 Å². The first-order valence-corrected chi connectivity index (χ1v) is 3.82. The minimum absolute atomic E-state index is 0.164. The van der Waals surface area contributed by atoms with E-state index in [1.165, 1.54) is 7.11 Å². The Labute approximate surface area is 65.3 Å². The highest BCUT2D eigenvalue weighted by molar-refractivity contribution is 5.85. The number of methoxy groups -OCH3 is 1. The lowest BCUT2D eigenvalue weighted by Crippen LogP contribution is -2.46. The molecule has 2 aliphatic rings. The molecule has 0 radical (unpaired) electrons. The lowest BCUT2D eigenvalue weighted by molar-refractivity contribution is -0.148. The van der Waals surface area contributed by atoms with E-state index in [2.05, 4.69) is 4.74 Å². The summed E-state index contributed by atoms with van der Waals surface area (Å²) >= 11 is 0. The maximum absolute atomic E-state index is 11.2. The molecular formula is C7H12N2O2. The highest BCUT2D eigenvalue weighted by Crippen LogP contribution is 2.54. The zero-order chi connectivity index (χ0) is 8.06. The summed E-state index contributed by atoms with van der Waals surface area (Å²) < 4.78 is 4.69. The Bertz CT molecular complexity index is 207. The number of carbonyl (C=O) groups is 1. The van der Waals surface area contributed by atoms with Crippen molar-refractivity contribution < 1.29 is 9.53 Å². The number of hydrogen-bond donors (Lipinski definition) is 1. The van der Waals surface area contributed by atoms with Crippen LogP contribution in [0.25, 0.3) is 0 Å². The molecule has 0 unspecified atom stereocenters. The molecule has 1 heterocycles. The van der Waals surface area contributed by atoms with E-state index < -0.39 is 5.54 Å². The number of fused-ring (bicyclic) bond motifs is 1. The van der Waals surface area contributed by atoms with Crippen LogP contribution in [-0.2, 0) is 9.53 Å². The predicted molar refractivity (Wildman–Crippen MR) is 38.4 cm³/mol. The molecule has 0 bridgehead atoms. The summed E-state index contributed by atoms with van der Waals surface area (Å²) in [5, 5.41) is 1.63. The van der Waals surface area contributed by atoms with Gasteiger partial charge in [-0.25, -0.2) is 9.80 Å². The number of hydrazine groups is 1. The number of hydrogen-bond acceptors (Lipinski definition) is 4. The zero-order valence-electron chi connectivity index (χ0n) is 6.54. The van der Waals surface area contributed by atoms with Crippen molar-refractivity contribution in [1.29, 1.82) is 0 Å². The molecule has 4 heteroatoms. The van der Waals surface area contributed by atoms with Crippen molar-refractivity contribution in [3.8, 4) is 0 Å². The number of esters is 1. The van der Waals surface area contributed by atoms with Gasteiger partial charge < -0.3 is 4.74 Å². The summed E-state index contributed by atoms with van der Waals surface area (Å²) in [6.45, 7) is 0.819. The number of nitrogens with zero attached hydrogens (tertiary/aromatic N) is 1. The molecule has 0 aromatic heterocycles. The Balaban J connectivity index is 2.18. The van der Waals surface area contributed by atoms with Gasteiger partial charge in [0.25, 0.3) is 0 Å². The summed E-state index contributed by atoms with van der Waals surface area (Å²) in [5.74, 6) is 5.96. The van der Waals surface area contributed by atoms with Crippen LogP contribution < -0.4 is 5.84 Å². The topological polar surface area (TPSA) is 55.6 Å². The first-order valence-electron chi connectivity index (χ1n) is 3.82. The van der Waals surface area contributed by atoms with Gasteiger partial charge in [0.05, 0.1) is 7.11 Å². The van der Waals surface area contributed by atoms with Gasteiger partial charge in [-0.2, -0.15) is 0 Å². The number of ether oxygens (including phenoxy) is 1. The van der Waals surface area contributed by atoms with Crippen molar-refractivity contribution in [3.63, 3.8) is 0 Å². The maximum atomic E-state index is 11.2. The highest BCUT2D eigenvalue weighted by Gasteiger charge is 2.67. The normalized spacial score (nSPS) is 41.8. The van der Waals surface area contributed by atoms with Gasteiger partial charge in [0.15, 0.2) is 0 Å². The van der Waals surface area contributed by atoms with Crippen molar-refractivity contribution in [2.24, 2.45) is 11.8 Å². The predicted octanol–water partition coefficient (Wildman–Crippen LogP) is -0.502. The molecule has 1 aliphatic carbocycles. The van der Waals surface area contributed by atoms with E-state index in [4.69, 9.17) is 5.84 Å². The first-order chi connectivity index (χ1) is 5.21. The quantitative estimate of drug-likeness (QED) is 0.410. The van der Waals surface area contributed by atoms with Crippen LogP contribution in [0, 0.1) is 5.92 Å². The van der Waals surface area contributed by atoms with Gasteiger partial charge in [-0.1, -0.05) is 0 Å². The second kappa shape index (κ2) is 1.95. The molecule has 62 valence electrons. The van der Waals surface area contributed by atoms with Crippen molar-refractivity contribution in [3.05, 3.63) is 0 Å². The third kappa shape index (κ3) is 0.684. The van der Waals surface area contributed by atoms with Gasteiger partial charge in [0.2, 0.25) is 0 Å². The van der Waals surface area contributed by atoms with Crippen LogP contribution in [0.2, 0.25) is 0 Å². The third-order valence-corrected chi connectivity index (χ3v) is 2.84. The minimum Gasteiger partial charge on any atom is -0.468 e. The van der Waals surface area contributed by atoms with Gasteiger partial charge in [0.1, 0.15) is 5.54 Å². The van der Waals surface area contributed by atoms with Gasteiger partial charge in [-0.05, 0) is 18.8 Å². The molecule has 2 fully saturated rings. The molecule has 1 aliphatic heterocycles. The number of carbonyl (C=O) groups excluding carboxylic acids is 1. The van der Waals surface area contributed by atoms with Gasteiger partial charge in [-0.3, -0.25) is 5.84 Å². The number of rotatable bonds is 1.